The summed E-state index contributed by atoms with van der Waals surface area (Å²) in [5, 5.41) is 21.4. The van der Waals surface area contributed by atoms with Crippen LogP contribution in [0.2, 0.25) is 0 Å². The van der Waals surface area contributed by atoms with E-state index in [9.17, 15) is 19.8 Å². The van der Waals surface area contributed by atoms with Crippen LogP contribution in [0.5, 0.6) is 11.5 Å². The van der Waals surface area contributed by atoms with E-state index in [1.165, 1.54) is 109 Å². The summed E-state index contributed by atoms with van der Waals surface area (Å²) in [6.07, 6.45) is 28.6. The van der Waals surface area contributed by atoms with E-state index in [2.05, 4.69) is 0 Å². The predicted octanol–water partition coefficient (Wildman–Crippen LogP) is 12.2. The van der Waals surface area contributed by atoms with Crippen LogP contribution in [0.15, 0.2) is 48.5 Å². The minimum atomic E-state index is -1.17. The normalized spacial score (nSPS) is 51.3. The highest BCUT2D eigenvalue weighted by atomic mass is 16.7. The maximum absolute atomic E-state index is 13.1. The molecule has 0 saturated heterocycles. The van der Waals surface area contributed by atoms with Crippen molar-refractivity contribution < 1.29 is 29.3 Å². The topological polar surface area (TPSA) is 93.1 Å². The molecule has 2 N–H and O–H groups in total. The Labute approximate surface area is 356 Å². The zero-order valence-electron chi connectivity index (χ0n) is 35.6. The van der Waals surface area contributed by atoms with Crippen LogP contribution in [0, 0.1) is 105 Å². The third-order valence-electron chi connectivity index (χ3n) is 22.1. The summed E-state index contributed by atoms with van der Waals surface area (Å²) in [5.74, 6) is 8.14. The first-order chi connectivity index (χ1) is 29.1. The largest absolute Gasteiger partial charge is 0.478 e. The molecule has 16 saturated carbocycles. The van der Waals surface area contributed by atoms with Gasteiger partial charge in [-0.2, -0.15) is 0 Å². The molecule has 0 aliphatic heterocycles. The van der Waals surface area contributed by atoms with Crippen molar-refractivity contribution in [2.75, 3.05) is 0 Å². The van der Waals surface area contributed by atoms with Gasteiger partial charge in [-0.3, -0.25) is 0 Å². The van der Waals surface area contributed by atoms with Gasteiger partial charge in [0.1, 0.15) is 22.6 Å². The molecule has 2 aromatic rings. The smallest absolute Gasteiger partial charge is 0.339 e. The second kappa shape index (κ2) is 12.2. The van der Waals surface area contributed by atoms with Gasteiger partial charge >= 0.3 is 11.9 Å². The monoisotopic (exact) mass is 810 g/mol. The van der Waals surface area contributed by atoms with E-state index in [0.29, 0.717) is 40.1 Å². The van der Waals surface area contributed by atoms with Crippen molar-refractivity contribution in [1.82, 2.24) is 0 Å². The van der Waals surface area contributed by atoms with E-state index >= 15 is 0 Å². The molecule has 8 atom stereocenters. The van der Waals surface area contributed by atoms with E-state index < -0.39 is 17.7 Å². The molecule has 0 radical (unpaired) electrons. The zero-order chi connectivity index (χ0) is 40.0. The molecular weight excluding hydrogens is 745 g/mol. The average Bonchev–Trinajstić information content (AvgIpc) is 3.18. The lowest BCUT2D eigenvalue weighted by atomic mass is 9.24. The Bertz CT molecular complexity index is 2020. The van der Waals surface area contributed by atoms with Crippen molar-refractivity contribution in [3.8, 4) is 11.5 Å². The first-order valence-electron chi connectivity index (χ1n) is 25.1. The first kappa shape index (κ1) is 36.5. The van der Waals surface area contributed by atoms with E-state index in [1.807, 2.05) is 36.4 Å². The van der Waals surface area contributed by atoms with Crippen LogP contribution in [0.25, 0.3) is 0 Å². The number of aromatic carboxylic acids is 2. The van der Waals surface area contributed by atoms with Crippen molar-refractivity contribution in [1.29, 1.82) is 0 Å². The maximum atomic E-state index is 13.1. The molecule has 318 valence electrons. The number of carboxylic acids is 2. The van der Waals surface area contributed by atoms with Gasteiger partial charge < -0.3 is 19.7 Å². The number of carbonyl (C=O) groups is 2. The van der Waals surface area contributed by atoms with Crippen molar-refractivity contribution in [3.05, 3.63) is 59.7 Å². The summed E-state index contributed by atoms with van der Waals surface area (Å²) in [4.78, 5) is 26.2. The predicted molar refractivity (Wildman–Crippen MR) is 226 cm³/mol. The van der Waals surface area contributed by atoms with Gasteiger partial charge in [-0.15, -0.1) is 0 Å². The lowest BCUT2D eigenvalue weighted by molar-refractivity contribution is -0.386. The van der Waals surface area contributed by atoms with Crippen molar-refractivity contribution >= 4 is 11.9 Å². The number of rotatable bonds is 9. The van der Waals surface area contributed by atoms with Gasteiger partial charge in [0.2, 0.25) is 0 Å². The number of benzene rings is 2. The van der Waals surface area contributed by atoms with Crippen LogP contribution in [0.4, 0.5) is 0 Å². The Morgan fingerprint density at radius 2 is 0.867 bits per heavy atom. The minimum absolute atomic E-state index is 0.0142. The Morgan fingerprint density at radius 3 is 1.33 bits per heavy atom. The second-order valence-electron chi connectivity index (χ2n) is 24.9. The van der Waals surface area contributed by atoms with E-state index in [4.69, 9.17) is 9.47 Å². The lowest BCUT2D eigenvalue weighted by Gasteiger charge is -2.81. The highest BCUT2D eigenvalue weighted by Gasteiger charge is 2.82. The lowest BCUT2D eigenvalue weighted by Crippen LogP contribution is -2.80. The van der Waals surface area contributed by atoms with Gasteiger partial charge in [-0.1, -0.05) is 24.3 Å². The van der Waals surface area contributed by atoms with Gasteiger partial charge in [0.05, 0.1) is 5.41 Å². The molecule has 2 aromatic carbocycles. The van der Waals surface area contributed by atoms with Crippen LogP contribution in [-0.2, 0) is 0 Å². The summed E-state index contributed by atoms with van der Waals surface area (Å²) in [6.45, 7) is 0. The molecule has 0 heterocycles. The Morgan fingerprint density at radius 1 is 0.467 bits per heavy atom. The minimum Gasteiger partial charge on any atom is -0.478 e. The molecule has 0 spiro atoms. The molecular formula is C54H66O6. The van der Waals surface area contributed by atoms with Gasteiger partial charge in [0.15, 0.2) is 0 Å². The molecule has 8 unspecified atom stereocenters. The summed E-state index contributed by atoms with van der Waals surface area (Å²) >= 11 is 0. The average molecular weight is 811 g/mol. The quantitative estimate of drug-likeness (QED) is 0.245. The molecule has 16 aliphatic rings. The van der Waals surface area contributed by atoms with Gasteiger partial charge in [0, 0.05) is 5.92 Å². The molecule has 16 fully saturated rings. The Hall–Kier alpha value is -3.02. The number of hydrogen-bond acceptors (Lipinski definition) is 4. The second-order valence-corrected chi connectivity index (χ2v) is 24.9. The van der Waals surface area contributed by atoms with Crippen molar-refractivity contribution in [3.63, 3.8) is 0 Å². The maximum Gasteiger partial charge on any atom is 0.339 e. The third kappa shape index (κ3) is 4.63. The highest BCUT2D eigenvalue weighted by Crippen LogP contribution is 2.86. The fourth-order valence-corrected chi connectivity index (χ4v) is 22.8. The number of carboxylic acid groups (broad SMARTS) is 2. The van der Waals surface area contributed by atoms with Crippen molar-refractivity contribution in [2.45, 2.75) is 141 Å². The molecule has 16 bridgehead atoms. The summed E-state index contributed by atoms with van der Waals surface area (Å²) in [7, 11) is 0. The third-order valence-corrected chi connectivity index (χ3v) is 22.1. The van der Waals surface area contributed by atoms with Crippen LogP contribution >= 0.6 is 0 Å². The van der Waals surface area contributed by atoms with E-state index in [-0.39, 0.29) is 27.9 Å². The Kier molecular flexibility index (Phi) is 7.39. The number of ether oxygens (including phenoxy) is 2. The highest BCUT2D eigenvalue weighted by molar-refractivity contribution is 5.91. The molecule has 0 amide bonds. The van der Waals surface area contributed by atoms with Crippen LogP contribution in [0.1, 0.15) is 156 Å². The number of hydrogen-bond donors (Lipinski definition) is 2. The standard InChI is InChI=1S/C54H66O6/c55-48(56)42-5-1-3-7-44(42)59-54(60-45-8-4-2-6-43(45)49(57)58)41-19-37-14-38(20-41)29-53(54,28-37)52-26-35-13-36(27-52)18-40(17-35)47(52)51-24-33-12-34(25-51)16-39(15-33)46(51)50-21-30-9-31(22-50)11-32(10-30)23-50/h1-8,30-41,46-47H,9-29H2,(H,55,56)(H,57,58). The summed E-state index contributed by atoms with van der Waals surface area (Å²) in [5.41, 5.74) is 0.907. The number of para-hydroxylation sites is 2. The van der Waals surface area contributed by atoms with Crippen LogP contribution < -0.4 is 9.47 Å². The summed E-state index contributed by atoms with van der Waals surface area (Å²) in [6, 6.07) is 14.6. The van der Waals surface area contributed by atoms with Crippen LogP contribution in [0.3, 0.4) is 0 Å². The SMILES string of the molecule is O=C(O)c1ccccc1OC1(Oc2ccccc2C(=O)O)C2CC3CC(C2)CC1(C12CC4CC(CC(C4)C1C14CC5CC(CC(C5)C1C15CC6CC(CC(C6)C1)C5)C4)C2)C3. The van der Waals surface area contributed by atoms with E-state index in [1.54, 1.807) is 12.1 Å². The van der Waals surface area contributed by atoms with Gasteiger partial charge in [-0.25, -0.2) is 9.59 Å². The molecule has 18 rings (SSSR count). The zero-order valence-corrected chi connectivity index (χ0v) is 35.6. The van der Waals surface area contributed by atoms with E-state index in [0.717, 1.165) is 84.9 Å². The Balaban J connectivity index is 1.01. The van der Waals surface area contributed by atoms with Gasteiger partial charge in [0.25, 0.3) is 5.79 Å². The fraction of sp³-hybridized carbons (Fsp3) is 0.741. The van der Waals surface area contributed by atoms with Crippen LogP contribution in [-0.4, -0.2) is 27.9 Å². The molecule has 6 heteroatoms. The first-order valence-corrected chi connectivity index (χ1v) is 25.1. The molecule has 0 aromatic heterocycles. The fourth-order valence-electron chi connectivity index (χ4n) is 22.8. The molecule has 16 aliphatic carbocycles. The van der Waals surface area contributed by atoms with Crippen molar-refractivity contribution in [2.24, 2.45) is 105 Å². The summed E-state index contributed by atoms with van der Waals surface area (Å²) < 4.78 is 15.6. The molecule has 6 nitrogen and oxygen atoms in total. The van der Waals surface area contributed by atoms with Gasteiger partial charge in [-0.05, 0) is 252 Å². The molecule has 60 heavy (non-hydrogen) atoms.